The first-order valence-electron chi connectivity index (χ1n) is 6.73. The second-order valence-electron chi connectivity index (χ2n) is 5.56. The lowest BCUT2D eigenvalue weighted by molar-refractivity contribution is 0.302. The topological polar surface area (TPSA) is 38.5 Å². The average molecular weight is 283 g/mol. The van der Waals surface area contributed by atoms with Crippen molar-refractivity contribution < 1.29 is 4.74 Å². The number of nitrogens with two attached hydrogens (primary N) is 1. The lowest BCUT2D eigenvalue weighted by Crippen LogP contribution is -2.21. The van der Waals surface area contributed by atoms with E-state index in [2.05, 4.69) is 24.9 Å². The molecule has 0 spiro atoms. The number of nitrogens with zero attached hydrogens (tertiary/aromatic N) is 1. The van der Waals surface area contributed by atoms with Crippen LogP contribution in [-0.2, 0) is 0 Å². The minimum absolute atomic E-state index is 0.301. The van der Waals surface area contributed by atoms with E-state index in [1.54, 1.807) is 7.11 Å². The summed E-state index contributed by atoms with van der Waals surface area (Å²) >= 11 is 6.55. The summed E-state index contributed by atoms with van der Waals surface area (Å²) in [6.07, 6.45) is 1.05. The third-order valence-corrected chi connectivity index (χ3v) is 4.63. The van der Waals surface area contributed by atoms with Crippen LogP contribution in [0.3, 0.4) is 0 Å². The predicted molar refractivity (Wildman–Crippen MR) is 80.0 cm³/mol. The molecule has 1 aliphatic heterocycles. The summed E-state index contributed by atoms with van der Waals surface area (Å²) in [5.41, 5.74) is 9.19. The molecule has 0 aliphatic carbocycles. The summed E-state index contributed by atoms with van der Waals surface area (Å²) in [7, 11) is 3.85. The number of aryl methyl sites for hydroxylation is 2. The number of hydrogen-bond donors (Lipinski definition) is 1. The van der Waals surface area contributed by atoms with Crippen LogP contribution in [0.15, 0.2) is 6.07 Å². The molecular weight excluding hydrogens is 260 g/mol. The van der Waals surface area contributed by atoms with Gasteiger partial charge in [0.1, 0.15) is 5.75 Å². The zero-order chi connectivity index (χ0) is 14.2. The van der Waals surface area contributed by atoms with Gasteiger partial charge in [0, 0.05) is 18.2 Å². The molecule has 2 unspecified atom stereocenters. The molecule has 0 saturated carbocycles. The number of benzene rings is 1. The molecule has 1 fully saturated rings. The van der Waals surface area contributed by atoms with Crippen LogP contribution in [0.25, 0.3) is 0 Å². The molecule has 1 aromatic rings. The smallest absolute Gasteiger partial charge is 0.128 e. The van der Waals surface area contributed by atoms with E-state index in [-0.39, 0.29) is 0 Å². The Morgan fingerprint density at radius 3 is 2.63 bits per heavy atom. The number of likely N-dealkylation sites (tertiary alicyclic amines) is 1. The third-order valence-electron chi connectivity index (χ3n) is 4.12. The monoisotopic (exact) mass is 282 g/mol. The van der Waals surface area contributed by atoms with Crippen LogP contribution in [0, 0.1) is 19.8 Å². The maximum Gasteiger partial charge on any atom is 0.128 e. The first-order valence-corrected chi connectivity index (χ1v) is 7.11. The highest BCUT2D eigenvalue weighted by Crippen LogP contribution is 2.44. The molecule has 0 amide bonds. The van der Waals surface area contributed by atoms with Gasteiger partial charge in [0.25, 0.3) is 0 Å². The van der Waals surface area contributed by atoms with Gasteiger partial charge in [0.15, 0.2) is 0 Å². The van der Waals surface area contributed by atoms with Gasteiger partial charge in [-0.2, -0.15) is 0 Å². The van der Waals surface area contributed by atoms with Gasteiger partial charge in [-0.15, -0.1) is 0 Å². The Hall–Kier alpha value is -0.770. The highest BCUT2D eigenvalue weighted by Gasteiger charge is 2.33. The average Bonchev–Trinajstić information content (AvgIpc) is 2.74. The molecular formula is C15H23ClN2O. The van der Waals surface area contributed by atoms with E-state index >= 15 is 0 Å². The largest absolute Gasteiger partial charge is 0.496 e. The standard InChI is InChI=1S/C15H23ClN2O/c1-9-5-10(2)15(19-4)13(14(9)16)12-6-11(7-17)8-18(12)3/h5,11-12H,6-8,17H2,1-4H3. The summed E-state index contributed by atoms with van der Waals surface area (Å²) in [5.74, 6) is 1.46. The Bertz CT molecular complexity index is 476. The maximum atomic E-state index is 6.55. The molecule has 0 radical (unpaired) electrons. The lowest BCUT2D eigenvalue weighted by atomic mass is 9.95. The van der Waals surface area contributed by atoms with Crippen molar-refractivity contribution in [1.82, 2.24) is 4.90 Å². The van der Waals surface area contributed by atoms with E-state index < -0.39 is 0 Å². The zero-order valence-corrected chi connectivity index (χ0v) is 12.9. The van der Waals surface area contributed by atoms with Gasteiger partial charge in [-0.1, -0.05) is 17.7 Å². The molecule has 3 nitrogen and oxygen atoms in total. The number of hydrogen-bond acceptors (Lipinski definition) is 3. The zero-order valence-electron chi connectivity index (χ0n) is 12.2. The van der Waals surface area contributed by atoms with Gasteiger partial charge in [0.2, 0.25) is 0 Å². The molecule has 106 valence electrons. The van der Waals surface area contributed by atoms with Crippen LogP contribution in [0.4, 0.5) is 0 Å². The molecule has 0 bridgehead atoms. The van der Waals surface area contributed by atoms with Crippen LogP contribution in [-0.4, -0.2) is 32.1 Å². The molecule has 2 rings (SSSR count). The molecule has 4 heteroatoms. The van der Waals surface area contributed by atoms with Gasteiger partial charge in [-0.3, -0.25) is 4.90 Å². The van der Waals surface area contributed by atoms with Crippen molar-refractivity contribution in [3.8, 4) is 5.75 Å². The van der Waals surface area contributed by atoms with Crippen molar-refractivity contribution in [3.63, 3.8) is 0 Å². The number of halogens is 1. The van der Waals surface area contributed by atoms with E-state index in [0.717, 1.165) is 47.0 Å². The summed E-state index contributed by atoms with van der Waals surface area (Å²) in [6.45, 7) is 5.87. The van der Waals surface area contributed by atoms with Crippen LogP contribution in [0.1, 0.15) is 29.2 Å². The predicted octanol–water partition coefficient (Wildman–Crippen LogP) is 2.92. The van der Waals surface area contributed by atoms with Gasteiger partial charge < -0.3 is 10.5 Å². The van der Waals surface area contributed by atoms with Crippen molar-refractivity contribution >= 4 is 11.6 Å². The quantitative estimate of drug-likeness (QED) is 0.926. The van der Waals surface area contributed by atoms with Gasteiger partial charge in [-0.05, 0) is 50.9 Å². The fraction of sp³-hybridized carbons (Fsp3) is 0.600. The van der Waals surface area contributed by atoms with Crippen molar-refractivity contribution in [2.45, 2.75) is 26.3 Å². The van der Waals surface area contributed by atoms with Crippen molar-refractivity contribution in [3.05, 3.63) is 27.8 Å². The molecule has 1 heterocycles. The molecule has 2 atom stereocenters. The Balaban J connectivity index is 2.49. The Morgan fingerprint density at radius 1 is 1.42 bits per heavy atom. The number of ether oxygens (including phenoxy) is 1. The molecule has 1 saturated heterocycles. The fourth-order valence-electron chi connectivity index (χ4n) is 3.16. The van der Waals surface area contributed by atoms with Gasteiger partial charge in [-0.25, -0.2) is 0 Å². The summed E-state index contributed by atoms with van der Waals surface area (Å²) in [4.78, 5) is 2.33. The number of methoxy groups -OCH3 is 1. The van der Waals surface area contributed by atoms with Crippen LogP contribution >= 0.6 is 11.6 Å². The minimum atomic E-state index is 0.301. The highest BCUT2D eigenvalue weighted by atomic mass is 35.5. The van der Waals surface area contributed by atoms with Crippen molar-refractivity contribution in [1.29, 1.82) is 0 Å². The number of rotatable bonds is 3. The molecule has 0 aromatic heterocycles. The Kier molecular flexibility index (Phi) is 4.39. The van der Waals surface area contributed by atoms with Crippen molar-refractivity contribution in [2.75, 3.05) is 27.2 Å². The minimum Gasteiger partial charge on any atom is -0.496 e. The van der Waals surface area contributed by atoms with E-state index in [9.17, 15) is 0 Å². The van der Waals surface area contributed by atoms with E-state index in [1.165, 1.54) is 0 Å². The van der Waals surface area contributed by atoms with E-state index in [1.807, 2.05) is 6.92 Å². The Morgan fingerprint density at radius 2 is 2.11 bits per heavy atom. The van der Waals surface area contributed by atoms with E-state index in [0.29, 0.717) is 12.0 Å². The lowest BCUT2D eigenvalue weighted by Gasteiger charge is -2.25. The van der Waals surface area contributed by atoms with Crippen molar-refractivity contribution in [2.24, 2.45) is 11.7 Å². The second-order valence-corrected chi connectivity index (χ2v) is 5.94. The van der Waals surface area contributed by atoms with Crippen LogP contribution in [0.2, 0.25) is 5.02 Å². The van der Waals surface area contributed by atoms with Crippen LogP contribution in [0.5, 0.6) is 5.75 Å². The normalized spacial score (nSPS) is 23.9. The van der Waals surface area contributed by atoms with Gasteiger partial charge >= 0.3 is 0 Å². The van der Waals surface area contributed by atoms with Gasteiger partial charge in [0.05, 0.1) is 12.1 Å². The van der Waals surface area contributed by atoms with Crippen LogP contribution < -0.4 is 10.5 Å². The Labute approximate surface area is 120 Å². The molecule has 1 aliphatic rings. The fourth-order valence-corrected chi connectivity index (χ4v) is 3.43. The third kappa shape index (κ3) is 2.60. The summed E-state index contributed by atoms with van der Waals surface area (Å²) < 4.78 is 5.60. The van der Waals surface area contributed by atoms with E-state index in [4.69, 9.17) is 22.1 Å². The first-order chi connectivity index (χ1) is 8.99. The summed E-state index contributed by atoms with van der Waals surface area (Å²) in [5, 5.41) is 0.831. The SMILES string of the molecule is COc1c(C)cc(C)c(Cl)c1C1CC(CN)CN1C. The second kappa shape index (κ2) is 5.70. The summed E-state index contributed by atoms with van der Waals surface area (Å²) in [6, 6.07) is 2.38. The molecule has 19 heavy (non-hydrogen) atoms. The molecule has 2 N–H and O–H groups in total. The first kappa shape index (κ1) is 14.6. The maximum absolute atomic E-state index is 6.55. The highest BCUT2D eigenvalue weighted by molar-refractivity contribution is 6.32. The molecule has 1 aromatic carbocycles.